The predicted molar refractivity (Wildman–Crippen MR) is 69.1 cm³/mol. The van der Waals surface area contributed by atoms with Gasteiger partial charge in [0.1, 0.15) is 0 Å². The number of carboxylic acids is 1. The van der Waals surface area contributed by atoms with E-state index in [0.717, 1.165) is 18.0 Å². The molecule has 0 saturated carbocycles. The van der Waals surface area contributed by atoms with E-state index in [2.05, 4.69) is 10.1 Å². The summed E-state index contributed by atoms with van der Waals surface area (Å²) < 4.78 is 1.42. The molecule has 2 aromatic heterocycles. The molecular formula is C12H13N3O2S. The van der Waals surface area contributed by atoms with Crippen LogP contribution in [0.25, 0.3) is 5.65 Å². The first-order chi connectivity index (χ1) is 8.74. The van der Waals surface area contributed by atoms with Gasteiger partial charge < -0.3 is 5.11 Å². The summed E-state index contributed by atoms with van der Waals surface area (Å²) in [6.45, 7) is 0. The molecule has 1 atom stereocenters. The van der Waals surface area contributed by atoms with E-state index in [1.807, 2.05) is 11.8 Å². The van der Waals surface area contributed by atoms with Crippen molar-refractivity contribution in [1.82, 2.24) is 14.6 Å². The van der Waals surface area contributed by atoms with Crippen LogP contribution >= 0.6 is 11.8 Å². The summed E-state index contributed by atoms with van der Waals surface area (Å²) in [5, 5.41) is 13.4. The van der Waals surface area contributed by atoms with Crippen LogP contribution in [0, 0.1) is 5.92 Å². The molecule has 0 spiro atoms. The molecule has 1 N–H and O–H groups in total. The van der Waals surface area contributed by atoms with Gasteiger partial charge in [-0.2, -0.15) is 16.9 Å². The Morgan fingerprint density at radius 3 is 3.17 bits per heavy atom. The highest BCUT2D eigenvalue weighted by Gasteiger charge is 2.19. The van der Waals surface area contributed by atoms with Crippen LogP contribution in [0.15, 0.2) is 18.2 Å². The van der Waals surface area contributed by atoms with Gasteiger partial charge in [0.2, 0.25) is 0 Å². The molecule has 1 fully saturated rings. The molecule has 6 heteroatoms. The van der Waals surface area contributed by atoms with Crippen LogP contribution in [0.1, 0.15) is 22.7 Å². The molecule has 0 aliphatic carbocycles. The summed E-state index contributed by atoms with van der Waals surface area (Å²) in [6, 6.07) is 5.02. The average molecular weight is 263 g/mol. The fourth-order valence-electron chi connectivity index (χ4n) is 2.20. The van der Waals surface area contributed by atoms with Gasteiger partial charge in [0, 0.05) is 6.42 Å². The Morgan fingerprint density at radius 1 is 1.56 bits per heavy atom. The van der Waals surface area contributed by atoms with E-state index in [0.29, 0.717) is 11.6 Å². The van der Waals surface area contributed by atoms with Crippen molar-refractivity contribution in [1.29, 1.82) is 0 Å². The largest absolute Gasteiger partial charge is 0.477 e. The van der Waals surface area contributed by atoms with Crippen LogP contribution in [0.2, 0.25) is 0 Å². The Morgan fingerprint density at radius 2 is 2.44 bits per heavy atom. The van der Waals surface area contributed by atoms with Crippen molar-refractivity contribution in [2.75, 3.05) is 11.5 Å². The zero-order valence-corrected chi connectivity index (χ0v) is 10.6. The number of aromatic nitrogens is 3. The van der Waals surface area contributed by atoms with E-state index in [1.54, 1.807) is 18.2 Å². The van der Waals surface area contributed by atoms with Gasteiger partial charge in [0.15, 0.2) is 17.2 Å². The van der Waals surface area contributed by atoms with Gasteiger partial charge >= 0.3 is 5.97 Å². The normalized spacial score (nSPS) is 19.4. The number of aromatic carboxylic acids is 1. The minimum Gasteiger partial charge on any atom is -0.477 e. The molecule has 18 heavy (non-hydrogen) atoms. The topological polar surface area (TPSA) is 67.5 Å². The van der Waals surface area contributed by atoms with Crippen LogP contribution in [-0.2, 0) is 6.42 Å². The van der Waals surface area contributed by atoms with Crippen molar-refractivity contribution in [2.45, 2.75) is 12.8 Å². The highest BCUT2D eigenvalue weighted by molar-refractivity contribution is 7.99. The molecule has 94 valence electrons. The lowest BCUT2D eigenvalue weighted by atomic mass is 10.1. The first kappa shape index (κ1) is 11.5. The summed E-state index contributed by atoms with van der Waals surface area (Å²) in [7, 11) is 0. The lowest BCUT2D eigenvalue weighted by Gasteiger charge is -2.02. The number of fused-ring (bicyclic) bond motifs is 1. The fraction of sp³-hybridized carbons (Fsp3) is 0.417. The van der Waals surface area contributed by atoms with Crippen molar-refractivity contribution in [3.63, 3.8) is 0 Å². The first-order valence-electron chi connectivity index (χ1n) is 5.90. The Bertz CT molecular complexity index is 590. The third kappa shape index (κ3) is 2.08. The molecule has 0 amide bonds. The second-order valence-electron chi connectivity index (χ2n) is 4.45. The highest BCUT2D eigenvalue weighted by Crippen LogP contribution is 2.25. The maximum absolute atomic E-state index is 11.1. The Kier molecular flexibility index (Phi) is 2.95. The summed E-state index contributed by atoms with van der Waals surface area (Å²) in [6.07, 6.45) is 2.04. The van der Waals surface area contributed by atoms with E-state index in [4.69, 9.17) is 5.11 Å². The van der Waals surface area contributed by atoms with Crippen molar-refractivity contribution in [3.8, 4) is 0 Å². The standard InChI is InChI=1S/C12H13N3O2S/c16-12(17)9-2-1-3-11-13-10(14-15(9)11)6-8-4-5-18-7-8/h1-3,8H,4-7H2,(H,16,17). The molecule has 1 unspecified atom stereocenters. The van der Waals surface area contributed by atoms with Gasteiger partial charge in [-0.05, 0) is 36.0 Å². The van der Waals surface area contributed by atoms with Crippen LogP contribution < -0.4 is 0 Å². The van der Waals surface area contributed by atoms with Gasteiger partial charge in [0.05, 0.1) is 0 Å². The van der Waals surface area contributed by atoms with Crippen molar-refractivity contribution >= 4 is 23.4 Å². The highest BCUT2D eigenvalue weighted by atomic mass is 32.2. The van der Waals surface area contributed by atoms with E-state index >= 15 is 0 Å². The van der Waals surface area contributed by atoms with Gasteiger partial charge in [-0.25, -0.2) is 14.3 Å². The number of carboxylic acid groups (broad SMARTS) is 1. The summed E-state index contributed by atoms with van der Waals surface area (Å²) in [4.78, 5) is 15.5. The molecule has 2 aromatic rings. The molecule has 1 saturated heterocycles. The Hall–Kier alpha value is -1.56. The molecule has 3 rings (SSSR count). The average Bonchev–Trinajstić information content (AvgIpc) is 2.96. The number of pyridine rings is 1. The Labute approximate surface area is 108 Å². The van der Waals surface area contributed by atoms with E-state index < -0.39 is 5.97 Å². The van der Waals surface area contributed by atoms with Crippen LogP contribution in [0.5, 0.6) is 0 Å². The molecule has 0 bridgehead atoms. The first-order valence-corrected chi connectivity index (χ1v) is 7.05. The van der Waals surface area contributed by atoms with E-state index in [1.165, 1.54) is 16.7 Å². The fourth-order valence-corrected chi connectivity index (χ4v) is 3.49. The monoisotopic (exact) mass is 263 g/mol. The van der Waals surface area contributed by atoms with E-state index in [-0.39, 0.29) is 5.69 Å². The second kappa shape index (κ2) is 4.61. The molecule has 1 aliphatic heterocycles. The summed E-state index contributed by atoms with van der Waals surface area (Å²) in [5.41, 5.74) is 0.766. The lowest BCUT2D eigenvalue weighted by Crippen LogP contribution is -2.07. The smallest absolute Gasteiger partial charge is 0.354 e. The summed E-state index contributed by atoms with van der Waals surface area (Å²) >= 11 is 1.96. The maximum atomic E-state index is 11.1. The second-order valence-corrected chi connectivity index (χ2v) is 5.60. The number of nitrogens with zero attached hydrogens (tertiary/aromatic N) is 3. The Balaban J connectivity index is 1.94. The molecule has 0 radical (unpaired) electrons. The van der Waals surface area contributed by atoms with E-state index in [9.17, 15) is 4.79 Å². The quantitative estimate of drug-likeness (QED) is 0.913. The third-order valence-electron chi connectivity index (χ3n) is 3.12. The van der Waals surface area contributed by atoms with Crippen molar-refractivity contribution in [2.24, 2.45) is 5.92 Å². The molecule has 5 nitrogen and oxygen atoms in total. The van der Waals surface area contributed by atoms with Gasteiger partial charge in [-0.1, -0.05) is 6.07 Å². The molecule has 3 heterocycles. The van der Waals surface area contributed by atoms with Gasteiger partial charge in [-0.3, -0.25) is 0 Å². The number of hydrogen-bond donors (Lipinski definition) is 1. The zero-order valence-electron chi connectivity index (χ0n) is 9.74. The third-order valence-corrected chi connectivity index (χ3v) is 4.35. The van der Waals surface area contributed by atoms with Crippen LogP contribution in [0.3, 0.4) is 0 Å². The molecule has 0 aromatic carbocycles. The van der Waals surface area contributed by atoms with Crippen LogP contribution in [-0.4, -0.2) is 37.2 Å². The number of hydrogen-bond acceptors (Lipinski definition) is 4. The SMILES string of the molecule is O=C(O)c1cccc2nc(CC3CCSC3)nn12. The maximum Gasteiger partial charge on any atom is 0.354 e. The van der Waals surface area contributed by atoms with Crippen LogP contribution in [0.4, 0.5) is 0 Å². The number of rotatable bonds is 3. The lowest BCUT2D eigenvalue weighted by molar-refractivity contribution is 0.0687. The zero-order chi connectivity index (χ0) is 12.5. The van der Waals surface area contributed by atoms with Gasteiger partial charge in [0.25, 0.3) is 0 Å². The predicted octanol–water partition coefficient (Wildman–Crippen LogP) is 1.72. The summed E-state index contributed by atoms with van der Waals surface area (Å²) in [5.74, 6) is 2.75. The van der Waals surface area contributed by atoms with Crippen molar-refractivity contribution < 1.29 is 9.90 Å². The van der Waals surface area contributed by atoms with Gasteiger partial charge in [-0.15, -0.1) is 0 Å². The minimum absolute atomic E-state index is 0.159. The molecular weight excluding hydrogens is 250 g/mol. The van der Waals surface area contributed by atoms with Crippen molar-refractivity contribution in [3.05, 3.63) is 29.7 Å². The number of carbonyl (C=O) groups is 1. The molecule has 1 aliphatic rings. The minimum atomic E-state index is -0.978. The number of thioether (sulfide) groups is 1.